The maximum Gasteiger partial charge on any atom is 0.0432 e. The summed E-state index contributed by atoms with van der Waals surface area (Å²) in [5.74, 6) is 0. The van der Waals surface area contributed by atoms with Crippen molar-refractivity contribution in [2.45, 2.75) is 80.4 Å². The normalized spacial score (nSPS) is 13.5. The minimum Gasteiger partial charge on any atom is -0.364 e. The maximum absolute atomic E-state index is 4.65. The molecule has 0 spiro atoms. The van der Waals surface area contributed by atoms with Crippen LogP contribution in [-0.4, -0.2) is 29.0 Å². The Hall–Kier alpha value is -3.63. The molecule has 2 heterocycles. The summed E-state index contributed by atoms with van der Waals surface area (Å²) in [6, 6.07) is 30.4. The molecule has 4 aromatic carbocycles. The fourth-order valence-corrected chi connectivity index (χ4v) is 7.00. The molecule has 1 aliphatic heterocycles. The summed E-state index contributed by atoms with van der Waals surface area (Å²) in [5, 5.41) is 0. The summed E-state index contributed by atoms with van der Waals surface area (Å²) in [5.41, 5.74) is 18.5. The molecule has 0 saturated carbocycles. The summed E-state index contributed by atoms with van der Waals surface area (Å²) in [4.78, 5) is 9.92. The van der Waals surface area contributed by atoms with E-state index in [0.717, 1.165) is 39.0 Å². The number of benzene rings is 4. The lowest BCUT2D eigenvalue weighted by Gasteiger charge is -2.40. The van der Waals surface area contributed by atoms with Crippen LogP contribution in [0.4, 0.5) is 5.69 Å². The average Bonchev–Trinajstić information content (AvgIpc) is 3.06. The first-order valence-corrected chi connectivity index (χ1v) is 16.9. The molecule has 0 radical (unpaired) electrons. The number of likely N-dealkylation sites (tertiary alicyclic amines) is 1. The van der Waals surface area contributed by atoms with Gasteiger partial charge in [-0.1, -0.05) is 60.2 Å². The zero-order valence-corrected chi connectivity index (χ0v) is 31.3. The molecule has 0 N–H and O–H groups in total. The van der Waals surface area contributed by atoms with E-state index in [9.17, 15) is 0 Å². The minimum absolute atomic E-state index is 0. The van der Waals surface area contributed by atoms with E-state index in [1.54, 1.807) is 0 Å². The maximum atomic E-state index is 4.65. The molecule has 0 atom stereocenters. The predicted octanol–water partition coefficient (Wildman–Crippen LogP) is 11.1. The number of hydrogen-bond donors (Lipinski definition) is 0. The Morgan fingerprint density at radius 1 is 0.604 bits per heavy atom. The van der Waals surface area contributed by atoms with Gasteiger partial charge in [0.15, 0.2) is 0 Å². The number of pyridine rings is 1. The van der Waals surface area contributed by atoms with Crippen LogP contribution in [0, 0.1) is 48.5 Å². The molecule has 0 aliphatic carbocycles. The highest BCUT2D eigenvalue weighted by Gasteiger charge is 2.25. The zero-order valence-electron chi connectivity index (χ0n) is 29.6. The van der Waals surface area contributed by atoms with Crippen molar-refractivity contribution >= 4 is 30.5 Å². The summed E-state index contributed by atoms with van der Waals surface area (Å²) in [7, 11) is 0. The molecule has 1 aromatic heterocycles. The third-order valence-corrected chi connectivity index (χ3v) is 10.4. The number of halogens is 2. The van der Waals surface area contributed by atoms with Gasteiger partial charge in [-0.2, -0.15) is 0 Å². The van der Waals surface area contributed by atoms with E-state index in [1.807, 2.05) is 12.4 Å². The van der Waals surface area contributed by atoms with Crippen LogP contribution < -0.4 is 4.90 Å². The first-order chi connectivity index (χ1) is 22.1. The van der Waals surface area contributed by atoms with Gasteiger partial charge in [0.2, 0.25) is 0 Å². The summed E-state index contributed by atoms with van der Waals surface area (Å²) in [6.45, 7) is 19.5. The smallest absolute Gasteiger partial charge is 0.0432 e. The van der Waals surface area contributed by atoms with Crippen LogP contribution in [0.2, 0.25) is 0 Å². The Labute approximate surface area is 301 Å². The summed E-state index contributed by atoms with van der Waals surface area (Å²) in [6.07, 6.45) is 6.35. The molecule has 1 saturated heterocycles. The SMILES string of the molecule is Cc1ccc(N(Cc2cccc(-c3cc(C)c(C)c(C)c3)c2)C2CCN(Cc3cncc(-c4cc(C)c(C)c(C)c4)c3)CC2)cc1.Cl.Cl. The van der Waals surface area contributed by atoms with Crippen LogP contribution in [0.1, 0.15) is 62.9 Å². The van der Waals surface area contributed by atoms with E-state index in [2.05, 4.69) is 142 Å². The molecule has 48 heavy (non-hydrogen) atoms. The molecule has 0 amide bonds. The molecule has 6 rings (SSSR count). The third kappa shape index (κ3) is 8.50. The second-order valence-corrected chi connectivity index (χ2v) is 13.7. The van der Waals surface area contributed by atoms with E-state index >= 15 is 0 Å². The van der Waals surface area contributed by atoms with Crippen LogP contribution in [-0.2, 0) is 13.1 Å². The van der Waals surface area contributed by atoms with Gasteiger partial charge in [-0.05, 0) is 147 Å². The van der Waals surface area contributed by atoms with Gasteiger partial charge in [-0.15, -0.1) is 24.8 Å². The van der Waals surface area contributed by atoms with Crippen molar-refractivity contribution in [3.8, 4) is 22.3 Å². The van der Waals surface area contributed by atoms with Gasteiger partial charge >= 0.3 is 0 Å². The molecule has 5 aromatic rings. The standard InChI is InChI=1S/C43H49N3.2ClH/c1-29-11-13-42(14-12-29)46(28-36-9-8-10-38(23-36)39-19-30(2)34(6)31(3)20-39)43-15-17-45(18-16-43)27-37-24-41(26-44-25-37)40-21-32(4)35(7)33(5)22-40;;/h8-14,19-26,43H,15-18,27-28H2,1-7H3;2*1H. The monoisotopic (exact) mass is 679 g/mol. The van der Waals surface area contributed by atoms with E-state index in [4.69, 9.17) is 0 Å². The lowest BCUT2D eigenvalue weighted by Crippen LogP contribution is -2.44. The van der Waals surface area contributed by atoms with Crippen molar-refractivity contribution < 1.29 is 0 Å². The van der Waals surface area contributed by atoms with Crippen LogP contribution in [0.3, 0.4) is 0 Å². The number of hydrogen-bond acceptors (Lipinski definition) is 3. The number of aryl methyl sites for hydroxylation is 5. The van der Waals surface area contributed by atoms with Gasteiger partial charge in [0, 0.05) is 55.9 Å². The van der Waals surface area contributed by atoms with Gasteiger partial charge in [0.25, 0.3) is 0 Å². The summed E-state index contributed by atoms with van der Waals surface area (Å²) >= 11 is 0. The molecule has 5 heteroatoms. The third-order valence-electron chi connectivity index (χ3n) is 10.4. The summed E-state index contributed by atoms with van der Waals surface area (Å²) < 4.78 is 0. The van der Waals surface area contributed by atoms with E-state index in [-0.39, 0.29) is 24.8 Å². The number of aromatic nitrogens is 1. The highest BCUT2D eigenvalue weighted by atomic mass is 35.5. The molecule has 1 aliphatic rings. The lowest BCUT2D eigenvalue weighted by molar-refractivity contribution is 0.200. The van der Waals surface area contributed by atoms with Crippen molar-refractivity contribution in [1.82, 2.24) is 9.88 Å². The van der Waals surface area contributed by atoms with Crippen molar-refractivity contribution in [2.24, 2.45) is 0 Å². The van der Waals surface area contributed by atoms with Gasteiger partial charge < -0.3 is 4.90 Å². The lowest BCUT2D eigenvalue weighted by atomic mass is 9.95. The number of nitrogens with zero attached hydrogens (tertiary/aromatic N) is 3. The number of rotatable bonds is 8. The number of piperidine rings is 1. The second kappa shape index (κ2) is 16.2. The Bertz CT molecular complexity index is 1790. The fraction of sp³-hybridized carbons (Fsp3) is 0.326. The molecule has 0 bridgehead atoms. The Kier molecular flexibility index (Phi) is 12.5. The van der Waals surface area contributed by atoms with E-state index < -0.39 is 0 Å². The van der Waals surface area contributed by atoms with Crippen molar-refractivity contribution in [3.05, 3.63) is 141 Å². The zero-order chi connectivity index (χ0) is 32.4. The molecule has 3 nitrogen and oxygen atoms in total. The van der Waals surface area contributed by atoms with Gasteiger partial charge in [0.1, 0.15) is 0 Å². The van der Waals surface area contributed by atoms with Crippen molar-refractivity contribution in [3.63, 3.8) is 0 Å². The van der Waals surface area contributed by atoms with Crippen molar-refractivity contribution in [2.75, 3.05) is 18.0 Å². The molecular weight excluding hydrogens is 629 g/mol. The number of anilines is 1. The van der Waals surface area contributed by atoms with Crippen molar-refractivity contribution in [1.29, 1.82) is 0 Å². The minimum atomic E-state index is 0. The molecular formula is C43H51Cl2N3. The second-order valence-electron chi connectivity index (χ2n) is 13.7. The first kappa shape index (κ1) is 37.2. The predicted molar refractivity (Wildman–Crippen MR) is 210 cm³/mol. The highest BCUT2D eigenvalue weighted by molar-refractivity contribution is 5.85. The highest BCUT2D eigenvalue weighted by Crippen LogP contribution is 2.31. The van der Waals surface area contributed by atoms with Crippen LogP contribution in [0.15, 0.2) is 91.3 Å². The van der Waals surface area contributed by atoms with Crippen LogP contribution in [0.5, 0.6) is 0 Å². The fourth-order valence-electron chi connectivity index (χ4n) is 7.00. The average molecular weight is 681 g/mol. The van der Waals surface area contributed by atoms with Crippen LogP contribution >= 0.6 is 24.8 Å². The Balaban J connectivity index is 0.00000260. The van der Waals surface area contributed by atoms with E-state index in [1.165, 1.54) is 78.0 Å². The van der Waals surface area contributed by atoms with Crippen LogP contribution in [0.25, 0.3) is 22.3 Å². The van der Waals surface area contributed by atoms with E-state index in [0.29, 0.717) is 6.04 Å². The first-order valence-electron chi connectivity index (χ1n) is 16.9. The largest absolute Gasteiger partial charge is 0.364 e. The Morgan fingerprint density at radius 3 is 1.73 bits per heavy atom. The van der Waals surface area contributed by atoms with Gasteiger partial charge in [0.05, 0.1) is 0 Å². The Morgan fingerprint density at radius 2 is 1.15 bits per heavy atom. The molecule has 1 fully saturated rings. The molecule has 252 valence electrons. The topological polar surface area (TPSA) is 19.4 Å². The quantitative estimate of drug-likeness (QED) is 0.163. The molecule has 0 unspecified atom stereocenters. The van der Waals surface area contributed by atoms with Gasteiger partial charge in [-0.3, -0.25) is 9.88 Å². The van der Waals surface area contributed by atoms with Gasteiger partial charge in [-0.25, -0.2) is 0 Å².